The zero-order valence-corrected chi connectivity index (χ0v) is 23.6. The van der Waals surface area contributed by atoms with Crippen LogP contribution in [-0.2, 0) is 36.3 Å². The molecule has 5 heterocycles. The Labute approximate surface area is 238 Å². The molecule has 3 aromatic heterocycles. The maximum Gasteiger partial charge on any atom is 0.278 e. The zero-order valence-electron chi connectivity index (χ0n) is 23.6. The fraction of sp³-hybridized carbons (Fsp3) is 0.419. The number of hydrogen-bond acceptors (Lipinski definition) is 8. The van der Waals surface area contributed by atoms with Gasteiger partial charge in [0.1, 0.15) is 11.0 Å². The molecule has 1 aromatic carbocycles. The summed E-state index contributed by atoms with van der Waals surface area (Å²) in [5, 5.41) is 15.0. The standard InChI is InChI=1S/C31H35N7O3/c1-4-11-37-29(39)25-15-32-30(33-22-13-20-16-36(3)12-9-23(20)24(14-22)21-17-41-18-21)35-28(25)38(37)26-7-6-19-8-10-31(40,5-2)27(19)34-26/h4,6-7,13-15,21,40H,1,5,8-12,16-18H2,2-3H3,(H,32,33,35)/t31-/m0/s1. The summed E-state index contributed by atoms with van der Waals surface area (Å²) in [6.45, 7) is 9.53. The third kappa shape index (κ3) is 4.29. The van der Waals surface area contributed by atoms with Gasteiger partial charge >= 0.3 is 0 Å². The SMILES string of the molecule is C=CCn1c(=O)c2cnc(Nc3cc4c(c(C5COC5)c3)CCN(C)C4)nc2n1-c1ccc2c(n1)[C@](O)(CC)CC2. The fourth-order valence-corrected chi connectivity index (χ4v) is 6.47. The predicted octanol–water partition coefficient (Wildman–Crippen LogP) is 3.55. The average molecular weight is 554 g/mol. The highest BCUT2D eigenvalue weighted by atomic mass is 16.5. The van der Waals surface area contributed by atoms with Crippen molar-refractivity contribution in [3.05, 3.63) is 81.4 Å². The summed E-state index contributed by atoms with van der Waals surface area (Å²) in [4.78, 5) is 30.0. The van der Waals surface area contributed by atoms with Gasteiger partial charge in [0.05, 0.1) is 25.5 Å². The Bertz CT molecular complexity index is 1740. The van der Waals surface area contributed by atoms with Gasteiger partial charge in [0.25, 0.3) is 5.56 Å². The number of nitrogens with zero attached hydrogens (tertiary/aromatic N) is 6. The van der Waals surface area contributed by atoms with Crippen LogP contribution < -0.4 is 10.9 Å². The molecular formula is C31H35N7O3. The molecule has 41 heavy (non-hydrogen) atoms. The minimum Gasteiger partial charge on any atom is -0.384 e. The molecule has 1 aliphatic carbocycles. The van der Waals surface area contributed by atoms with E-state index in [2.05, 4.69) is 41.0 Å². The van der Waals surface area contributed by atoms with E-state index in [1.807, 2.05) is 19.1 Å². The summed E-state index contributed by atoms with van der Waals surface area (Å²) >= 11 is 0. The molecule has 4 aromatic rings. The van der Waals surface area contributed by atoms with Crippen LogP contribution in [0, 0.1) is 0 Å². The number of aryl methyl sites for hydroxylation is 1. The van der Waals surface area contributed by atoms with E-state index in [0.717, 1.165) is 50.4 Å². The van der Waals surface area contributed by atoms with Crippen molar-refractivity contribution in [3.63, 3.8) is 0 Å². The second-order valence-corrected chi connectivity index (χ2v) is 11.5. The number of aromatic nitrogens is 5. The van der Waals surface area contributed by atoms with Crippen molar-refractivity contribution < 1.29 is 9.84 Å². The second-order valence-electron chi connectivity index (χ2n) is 11.5. The molecule has 0 spiro atoms. The number of anilines is 2. The number of benzene rings is 1. The number of hydrogen-bond donors (Lipinski definition) is 2. The minimum atomic E-state index is -0.969. The van der Waals surface area contributed by atoms with E-state index < -0.39 is 5.60 Å². The van der Waals surface area contributed by atoms with Crippen LogP contribution in [0.3, 0.4) is 0 Å². The van der Waals surface area contributed by atoms with E-state index >= 15 is 0 Å². The van der Waals surface area contributed by atoms with E-state index in [0.29, 0.717) is 47.3 Å². The number of ether oxygens (including phenoxy) is 1. The highest BCUT2D eigenvalue weighted by Crippen LogP contribution is 2.39. The number of aliphatic hydroxyl groups is 1. The van der Waals surface area contributed by atoms with Crippen LogP contribution in [-0.4, -0.2) is 61.1 Å². The smallest absolute Gasteiger partial charge is 0.278 e. The van der Waals surface area contributed by atoms with Gasteiger partial charge in [-0.1, -0.05) is 19.1 Å². The van der Waals surface area contributed by atoms with Crippen molar-refractivity contribution in [2.75, 3.05) is 32.1 Å². The molecular weight excluding hydrogens is 518 g/mol. The molecule has 212 valence electrons. The van der Waals surface area contributed by atoms with Crippen molar-refractivity contribution in [1.29, 1.82) is 0 Å². The molecule has 2 aliphatic heterocycles. The fourth-order valence-electron chi connectivity index (χ4n) is 6.47. The molecule has 10 nitrogen and oxygen atoms in total. The maximum absolute atomic E-state index is 13.5. The quantitative estimate of drug-likeness (QED) is 0.335. The summed E-state index contributed by atoms with van der Waals surface area (Å²) in [7, 11) is 2.15. The number of pyridine rings is 1. The number of likely N-dealkylation sites (N-methyl/N-ethyl adjacent to an activating group) is 1. The number of rotatable bonds is 7. The molecule has 0 amide bonds. The van der Waals surface area contributed by atoms with Gasteiger partial charge in [-0.15, -0.1) is 6.58 Å². The van der Waals surface area contributed by atoms with Gasteiger partial charge in [-0.25, -0.2) is 19.3 Å². The van der Waals surface area contributed by atoms with Gasteiger partial charge in [0.15, 0.2) is 11.5 Å². The lowest BCUT2D eigenvalue weighted by atomic mass is 9.86. The van der Waals surface area contributed by atoms with Crippen molar-refractivity contribution in [2.24, 2.45) is 0 Å². The van der Waals surface area contributed by atoms with Gasteiger partial charge in [-0.3, -0.25) is 4.79 Å². The van der Waals surface area contributed by atoms with Crippen LogP contribution in [0.2, 0.25) is 0 Å². The van der Waals surface area contributed by atoms with Crippen LogP contribution in [0.1, 0.15) is 53.6 Å². The molecule has 0 saturated carbocycles. The summed E-state index contributed by atoms with van der Waals surface area (Å²) < 4.78 is 8.81. The second kappa shape index (κ2) is 9.90. The molecule has 10 heteroatoms. The van der Waals surface area contributed by atoms with Crippen LogP contribution in [0.4, 0.5) is 11.6 Å². The van der Waals surface area contributed by atoms with Gasteiger partial charge < -0.3 is 20.1 Å². The molecule has 1 saturated heterocycles. The van der Waals surface area contributed by atoms with Crippen molar-refractivity contribution >= 4 is 22.7 Å². The van der Waals surface area contributed by atoms with Crippen LogP contribution in [0.15, 0.2) is 47.9 Å². The normalized spacial score (nSPS) is 20.6. The maximum atomic E-state index is 13.5. The molecule has 3 aliphatic rings. The number of fused-ring (bicyclic) bond motifs is 3. The Morgan fingerprint density at radius 2 is 2.07 bits per heavy atom. The summed E-state index contributed by atoms with van der Waals surface area (Å²) in [6, 6.07) is 8.27. The lowest BCUT2D eigenvalue weighted by Gasteiger charge is -2.33. The van der Waals surface area contributed by atoms with Gasteiger partial charge in [0, 0.05) is 30.9 Å². The van der Waals surface area contributed by atoms with Gasteiger partial charge in [0.2, 0.25) is 5.95 Å². The third-order valence-corrected chi connectivity index (χ3v) is 8.89. The first kappa shape index (κ1) is 26.1. The topological polar surface area (TPSA) is 110 Å². The first-order valence-electron chi connectivity index (χ1n) is 14.4. The highest BCUT2D eigenvalue weighted by Gasteiger charge is 2.37. The molecule has 1 fully saturated rings. The molecule has 2 N–H and O–H groups in total. The average Bonchev–Trinajstić information content (AvgIpc) is 3.41. The van der Waals surface area contributed by atoms with Crippen LogP contribution >= 0.6 is 0 Å². The van der Waals surface area contributed by atoms with E-state index in [4.69, 9.17) is 14.7 Å². The largest absolute Gasteiger partial charge is 0.384 e. The molecule has 7 rings (SSSR count). The third-order valence-electron chi connectivity index (χ3n) is 8.89. The highest BCUT2D eigenvalue weighted by molar-refractivity contribution is 5.77. The molecule has 1 atom stereocenters. The molecule has 0 radical (unpaired) electrons. The Kier molecular flexibility index (Phi) is 6.29. The van der Waals surface area contributed by atoms with Crippen LogP contribution in [0.5, 0.6) is 0 Å². The van der Waals surface area contributed by atoms with E-state index in [1.54, 1.807) is 21.6 Å². The Balaban J connectivity index is 1.33. The lowest BCUT2D eigenvalue weighted by Crippen LogP contribution is -2.31. The Morgan fingerprint density at radius 3 is 2.83 bits per heavy atom. The van der Waals surface area contributed by atoms with Crippen molar-refractivity contribution in [1.82, 2.24) is 29.2 Å². The molecule has 0 bridgehead atoms. The Hall–Kier alpha value is -3.86. The van der Waals surface area contributed by atoms with E-state index in [1.165, 1.54) is 16.7 Å². The Morgan fingerprint density at radius 1 is 1.22 bits per heavy atom. The summed E-state index contributed by atoms with van der Waals surface area (Å²) in [5.41, 5.74) is 5.98. The van der Waals surface area contributed by atoms with Gasteiger partial charge in [-0.2, -0.15) is 4.98 Å². The van der Waals surface area contributed by atoms with Crippen molar-refractivity contribution in [3.8, 4) is 5.82 Å². The first-order chi connectivity index (χ1) is 19.9. The minimum absolute atomic E-state index is 0.219. The predicted molar refractivity (Wildman–Crippen MR) is 157 cm³/mol. The van der Waals surface area contributed by atoms with Crippen LogP contribution in [0.25, 0.3) is 16.9 Å². The number of allylic oxidation sites excluding steroid dienone is 1. The van der Waals surface area contributed by atoms with Crippen molar-refractivity contribution in [2.45, 2.75) is 57.2 Å². The summed E-state index contributed by atoms with van der Waals surface area (Å²) in [5.74, 6) is 1.33. The van der Waals surface area contributed by atoms with E-state index in [9.17, 15) is 9.90 Å². The van der Waals surface area contributed by atoms with Gasteiger partial charge in [-0.05, 0) is 73.2 Å². The number of nitrogens with one attached hydrogen (secondary N) is 1. The summed E-state index contributed by atoms with van der Waals surface area (Å²) in [6.07, 6.45) is 6.28. The lowest BCUT2D eigenvalue weighted by molar-refractivity contribution is 0.00793. The first-order valence-corrected chi connectivity index (χ1v) is 14.4. The molecule has 0 unspecified atom stereocenters. The monoisotopic (exact) mass is 553 g/mol. The van der Waals surface area contributed by atoms with E-state index in [-0.39, 0.29) is 12.1 Å². The zero-order chi connectivity index (χ0) is 28.3.